The Morgan fingerprint density at radius 3 is 3.00 bits per heavy atom. The van der Waals surface area contributed by atoms with E-state index in [9.17, 15) is 4.79 Å². The smallest absolute Gasteiger partial charge is 0.307 e. The minimum Gasteiger partial charge on any atom is -0.444 e. The summed E-state index contributed by atoms with van der Waals surface area (Å²) in [6.07, 6.45) is 7.15. The molecular formula is C12H21NO2. The third kappa shape index (κ3) is 1.89. The molecule has 0 aromatic carbocycles. The fourth-order valence-electron chi connectivity index (χ4n) is 2.99. The molecule has 0 N–H and O–H groups in total. The highest BCUT2D eigenvalue weighted by molar-refractivity contribution is 5.69. The number of nitrogens with zero attached hydrogens (tertiary/aromatic N) is 1. The van der Waals surface area contributed by atoms with Crippen molar-refractivity contribution < 1.29 is 9.53 Å². The van der Waals surface area contributed by atoms with Crippen LogP contribution in [0.15, 0.2) is 0 Å². The minimum atomic E-state index is -0.241. The zero-order valence-electron chi connectivity index (χ0n) is 9.79. The topological polar surface area (TPSA) is 29.5 Å². The van der Waals surface area contributed by atoms with Gasteiger partial charge in [-0.25, -0.2) is 0 Å². The summed E-state index contributed by atoms with van der Waals surface area (Å²) in [6, 6.07) is 0.646. The molecular weight excluding hydrogens is 190 g/mol. The Morgan fingerprint density at radius 1 is 1.47 bits per heavy atom. The zero-order valence-corrected chi connectivity index (χ0v) is 9.79. The van der Waals surface area contributed by atoms with Crippen LogP contribution in [0.25, 0.3) is 0 Å². The minimum absolute atomic E-state index is 0.0214. The standard InChI is InChI=1S/C12H21NO2/c1-3-5-11(14)15-12-8-4-6-10(7-9-12)13(12)2/h10H,3-9H2,1-2H3/t10-,12-/m1/s1. The quantitative estimate of drug-likeness (QED) is 0.671. The van der Waals surface area contributed by atoms with E-state index in [4.69, 9.17) is 4.74 Å². The highest BCUT2D eigenvalue weighted by atomic mass is 16.6. The Labute approximate surface area is 91.8 Å². The molecule has 2 heterocycles. The van der Waals surface area contributed by atoms with Gasteiger partial charge in [-0.15, -0.1) is 0 Å². The first-order chi connectivity index (χ1) is 7.18. The van der Waals surface area contributed by atoms with E-state index in [2.05, 4.69) is 11.9 Å². The van der Waals surface area contributed by atoms with Crippen molar-refractivity contribution in [1.29, 1.82) is 0 Å². The molecule has 0 amide bonds. The van der Waals surface area contributed by atoms with Gasteiger partial charge in [0, 0.05) is 25.3 Å². The van der Waals surface area contributed by atoms with Gasteiger partial charge in [0.15, 0.2) is 5.72 Å². The van der Waals surface area contributed by atoms with Crippen LogP contribution in [-0.4, -0.2) is 29.7 Å². The molecule has 86 valence electrons. The summed E-state index contributed by atoms with van der Waals surface area (Å²) in [4.78, 5) is 13.9. The molecule has 2 aliphatic rings. The monoisotopic (exact) mass is 211 g/mol. The van der Waals surface area contributed by atoms with Crippen LogP contribution in [0.3, 0.4) is 0 Å². The van der Waals surface area contributed by atoms with Crippen molar-refractivity contribution in [3.63, 3.8) is 0 Å². The maximum Gasteiger partial charge on any atom is 0.307 e. The average molecular weight is 211 g/mol. The molecule has 2 atom stereocenters. The molecule has 3 nitrogen and oxygen atoms in total. The van der Waals surface area contributed by atoms with Crippen LogP contribution >= 0.6 is 0 Å². The van der Waals surface area contributed by atoms with Gasteiger partial charge in [0.05, 0.1) is 0 Å². The molecule has 0 radical (unpaired) electrons. The molecule has 2 saturated heterocycles. The SMILES string of the molecule is CCCC(=O)O[C@]12CCC[C@H](CC1)N2C. The lowest BCUT2D eigenvalue weighted by atomic mass is 10.0. The van der Waals surface area contributed by atoms with Crippen molar-refractivity contribution >= 4 is 5.97 Å². The summed E-state index contributed by atoms with van der Waals surface area (Å²) in [5.41, 5.74) is -0.241. The first-order valence-corrected chi connectivity index (χ1v) is 6.13. The molecule has 0 unspecified atom stereocenters. The van der Waals surface area contributed by atoms with Gasteiger partial charge < -0.3 is 4.74 Å². The van der Waals surface area contributed by atoms with Gasteiger partial charge in [-0.05, 0) is 32.7 Å². The lowest BCUT2D eigenvalue weighted by Gasteiger charge is -2.41. The molecule has 0 saturated carbocycles. The predicted molar refractivity (Wildman–Crippen MR) is 58.4 cm³/mol. The first-order valence-electron chi connectivity index (χ1n) is 6.13. The summed E-state index contributed by atoms with van der Waals surface area (Å²) in [6.45, 7) is 2.01. The number of carbonyl (C=O) groups excluding carboxylic acids is 1. The van der Waals surface area contributed by atoms with Crippen molar-refractivity contribution in [2.45, 2.75) is 63.6 Å². The largest absolute Gasteiger partial charge is 0.444 e. The van der Waals surface area contributed by atoms with Crippen LogP contribution < -0.4 is 0 Å². The normalized spacial score (nSPS) is 35.5. The number of piperidine rings is 1. The van der Waals surface area contributed by atoms with Gasteiger partial charge >= 0.3 is 5.97 Å². The molecule has 0 aromatic heterocycles. The Balaban J connectivity index is 2.02. The van der Waals surface area contributed by atoms with E-state index < -0.39 is 0 Å². The van der Waals surface area contributed by atoms with Crippen LogP contribution in [0.4, 0.5) is 0 Å². The molecule has 2 aliphatic heterocycles. The summed E-state index contributed by atoms with van der Waals surface area (Å²) < 4.78 is 5.71. The Kier molecular flexibility index (Phi) is 3.01. The van der Waals surface area contributed by atoms with Crippen LogP contribution in [-0.2, 0) is 9.53 Å². The number of hydrogen-bond donors (Lipinski definition) is 0. The summed E-state index contributed by atoms with van der Waals surface area (Å²) >= 11 is 0. The lowest BCUT2D eigenvalue weighted by molar-refractivity contribution is -0.185. The highest BCUT2D eigenvalue weighted by Crippen LogP contribution is 2.43. The molecule has 2 bridgehead atoms. The Bertz CT molecular complexity index is 250. The van der Waals surface area contributed by atoms with Gasteiger partial charge in [0.2, 0.25) is 0 Å². The van der Waals surface area contributed by atoms with E-state index in [1.54, 1.807) is 0 Å². The van der Waals surface area contributed by atoms with Crippen LogP contribution in [0.5, 0.6) is 0 Å². The molecule has 2 rings (SSSR count). The van der Waals surface area contributed by atoms with Gasteiger partial charge in [-0.1, -0.05) is 6.92 Å². The van der Waals surface area contributed by atoms with Crippen LogP contribution in [0, 0.1) is 0 Å². The van der Waals surface area contributed by atoms with Crippen LogP contribution in [0.1, 0.15) is 51.9 Å². The van der Waals surface area contributed by atoms with E-state index in [-0.39, 0.29) is 11.7 Å². The maximum atomic E-state index is 11.6. The maximum absolute atomic E-state index is 11.6. The third-order valence-corrected chi connectivity index (χ3v) is 3.92. The van der Waals surface area contributed by atoms with Gasteiger partial charge in [0.1, 0.15) is 0 Å². The van der Waals surface area contributed by atoms with E-state index in [1.165, 1.54) is 19.3 Å². The number of ether oxygens (including phenoxy) is 1. The molecule has 0 aliphatic carbocycles. The second-order valence-electron chi connectivity index (χ2n) is 4.87. The summed E-state index contributed by atoms with van der Waals surface area (Å²) in [5.74, 6) is -0.0214. The van der Waals surface area contributed by atoms with E-state index in [0.717, 1.165) is 19.3 Å². The van der Waals surface area contributed by atoms with Gasteiger partial charge in [-0.2, -0.15) is 0 Å². The van der Waals surface area contributed by atoms with Crippen molar-refractivity contribution in [3.05, 3.63) is 0 Å². The molecule has 2 fully saturated rings. The van der Waals surface area contributed by atoms with Gasteiger partial charge in [-0.3, -0.25) is 9.69 Å². The lowest BCUT2D eigenvalue weighted by Crippen LogP contribution is -2.50. The molecule has 0 spiro atoms. The number of fused-ring (bicyclic) bond motifs is 2. The number of hydrogen-bond acceptors (Lipinski definition) is 3. The molecule has 3 heteroatoms. The predicted octanol–water partition coefficient (Wildman–Crippen LogP) is 2.30. The second-order valence-corrected chi connectivity index (χ2v) is 4.87. The van der Waals surface area contributed by atoms with Crippen molar-refractivity contribution in [1.82, 2.24) is 4.90 Å². The second kappa shape index (κ2) is 4.12. The first kappa shape index (κ1) is 10.9. The number of esters is 1. The Hall–Kier alpha value is -0.570. The summed E-state index contributed by atoms with van der Waals surface area (Å²) in [7, 11) is 2.11. The van der Waals surface area contributed by atoms with Crippen molar-refractivity contribution in [3.8, 4) is 0 Å². The third-order valence-electron chi connectivity index (χ3n) is 3.92. The Morgan fingerprint density at radius 2 is 2.27 bits per heavy atom. The number of rotatable bonds is 3. The van der Waals surface area contributed by atoms with Gasteiger partial charge in [0.25, 0.3) is 0 Å². The highest BCUT2D eigenvalue weighted by Gasteiger charge is 2.49. The molecule has 0 aromatic rings. The molecule has 15 heavy (non-hydrogen) atoms. The van der Waals surface area contributed by atoms with E-state index in [1.807, 2.05) is 6.92 Å². The number of carbonyl (C=O) groups is 1. The van der Waals surface area contributed by atoms with Crippen molar-refractivity contribution in [2.75, 3.05) is 7.05 Å². The fraction of sp³-hybridized carbons (Fsp3) is 0.917. The average Bonchev–Trinajstić information content (AvgIpc) is 2.39. The van der Waals surface area contributed by atoms with Crippen LogP contribution in [0.2, 0.25) is 0 Å². The fourth-order valence-corrected chi connectivity index (χ4v) is 2.99. The zero-order chi connectivity index (χ0) is 10.9. The van der Waals surface area contributed by atoms with E-state index in [0.29, 0.717) is 12.5 Å². The van der Waals surface area contributed by atoms with E-state index >= 15 is 0 Å². The summed E-state index contributed by atoms with van der Waals surface area (Å²) in [5, 5.41) is 0. The van der Waals surface area contributed by atoms with Crippen molar-refractivity contribution in [2.24, 2.45) is 0 Å².